The topological polar surface area (TPSA) is 75.4 Å². The van der Waals surface area contributed by atoms with Crippen molar-refractivity contribution < 1.29 is 9.59 Å². The molecule has 1 atom stereocenters. The maximum absolute atomic E-state index is 12.6. The summed E-state index contributed by atoms with van der Waals surface area (Å²) in [5, 5.41) is 3.08. The van der Waals surface area contributed by atoms with Crippen LogP contribution in [0.25, 0.3) is 0 Å². The number of carbonyl (C=O) groups excluding carboxylic acids is 2. The maximum Gasteiger partial charge on any atom is 0.239 e. The van der Waals surface area contributed by atoms with Crippen LogP contribution in [0, 0.1) is 5.92 Å². The van der Waals surface area contributed by atoms with Gasteiger partial charge >= 0.3 is 0 Å². The summed E-state index contributed by atoms with van der Waals surface area (Å²) in [7, 11) is 0. The quantitative estimate of drug-likeness (QED) is 0.741. The lowest BCUT2D eigenvalue weighted by Gasteiger charge is -2.29. The lowest BCUT2D eigenvalue weighted by atomic mass is 9.96. The Labute approximate surface area is 156 Å². The van der Waals surface area contributed by atoms with Gasteiger partial charge in [0.1, 0.15) is 5.92 Å². The highest BCUT2D eigenvalue weighted by molar-refractivity contribution is 9.10. The third kappa shape index (κ3) is 3.76. The summed E-state index contributed by atoms with van der Waals surface area (Å²) in [6.07, 6.45) is 4.54. The molecule has 132 valence electrons. The number of benzene rings is 1. The second kappa shape index (κ2) is 7.85. The molecule has 1 heterocycles. The zero-order chi connectivity index (χ0) is 16.4. The van der Waals surface area contributed by atoms with Crippen molar-refractivity contribution in [1.29, 1.82) is 0 Å². The van der Waals surface area contributed by atoms with Crippen LogP contribution in [0.3, 0.4) is 0 Å². The SMILES string of the molecule is Cl.NCC1(NC(=O)C2CCN(c3cccc(Br)c3)C2=O)CCCC1. The first-order chi connectivity index (χ1) is 11.0. The molecule has 0 spiro atoms. The molecule has 1 aromatic rings. The Kier molecular flexibility index (Phi) is 6.28. The van der Waals surface area contributed by atoms with Crippen molar-refractivity contribution in [2.45, 2.75) is 37.6 Å². The monoisotopic (exact) mass is 415 g/mol. The molecule has 0 aromatic heterocycles. The fourth-order valence-electron chi connectivity index (χ4n) is 3.60. The second-order valence-corrected chi connectivity index (χ2v) is 7.41. The van der Waals surface area contributed by atoms with Crippen molar-refractivity contribution in [3.63, 3.8) is 0 Å². The Morgan fingerprint density at radius 1 is 1.38 bits per heavy atom. The molecule has 24 heavy (non-hydrogen) atoms. The highest BCUT2D eigenvalue weighted by Crippen LogP contribution is 2.31. The third-order valence-electron chi connectivity index (χ3n) is 4.98. The average Bonchev–Trinajstić information content (AvgIpc) is 3.14. The lowest BCUT2D eigenvalue weighted by molar-refractivity contribution is -0.133. The molecule has 3 rings (SSSR count). The minimum atomic E-state index is -0.599. The number of halogens is 2. The van der Waals surface area contributed by atoms with E-state index in [-0.39, 0.29) is 29.8 Å². The zero-order valence-electron chi connectivity index (χ0n) is 13.5. The van der Waals surface area contributed by atoms with Gasteiger partial charge in [-0.1, -0.05) is 34.8 Å². The first kappa shape index (κ1) is 19.2. The standard InChI is InChI=1S/C17H22BrN3O2.ClH/c18-12-4-3-5-13(10-12)21-9-6-14(16(21)23)15(22)20-17(11-19)7-1-2-8-17;/h3-5,10,14H,1-2,6-9,11,19H2,(H,20,22);1H. The first-order valence-electron chi connectivity index (χ1n) is 8.14. The van der Waals surface area contributed by atoms with Gasteiger partial charge < -0.3 is 16.0 Å². The number of hydrogen-bond acceptors (Lipinski definition) is 3. The Morgan fingerprint density at radius 3 is 2.71 bits per heavy atom. The molecule has 1 saturated heterocycles. The molecule has 2 fully saturated rings. The largest absolute Gasteiger partial charge is 0.349 e. The normalized spacial score (nSPS) is 22.3. The highest BCUT2D eigenvalue weighted by Gasteiger charge is 2.41. The van der Waals surface area contributed by atoms with Crippen molar-refractivity contribution in [2.75, 3.05) is 18.0 Å². The smallest absolute Gasteiger partial charge is 0.239 e. The van der Waals surface area contributed by atoms with E-state index in [1.807, 2.05) is 24.3 Å². The van der Waals surface area contributed by atoms with Crippen LogP contribution in [-0.2, 0) is 9.59 Å². The van der Waals surface area contributed by atoms with Crippen molar-refractivity contribution >= 4 is 45.8 Å². The van der Waals surface area contributed by atoms with E-state index in [2.05, 4.69) is 21.2 Å². The number of hydrogen-bond donors (Lipinski definition) is 2. The van der Waals surface area contributed by atoms with Crippen LogP contribution in [0.4, 0.5) is 5.69 Å². The average molecular weight is 417 g/mol. The molecule has 1 saturated carbocycles. The minimum absolute atomic E-state index is 0. The Bertz CT molecular complexity index is 620. The molecular weight excluding hydrogens is 394 g/mol. The van der Waals surface area contributed by atoms with Crippen LogP contribution in [0.1, 0.15) is 32.1 Å². The number of carbonyl (C=O) groups is 2. The zero-order valence-corrected chi connectivity index (χ0v) is 15.9. The van der Waals surface area contributed by atoms with Crippen molar-refractivity contribution in [3.8, 4) is 0 Å². The van der Waals surface area contributed by atoms with Crippen LogP contribution in [0.5, 0.6) is 0 Å². The van der Waals surface area contributed by atoms with E-state index < -0.39 is 5.92 Å². The maximum atomic E-state index is 12.6. The van der Waals surface area contributed by atoms with E-state index >= 15 is 0 Å². The van der Waals surface area contributed by atoms with Crippen LogP contribution in [0.2, 0.25) is 0 Å². The summed E-state index contributed by atoms with van der Waals surface area (Å²) in [6.45, 7) is 1.01. The van der Waals surface area contributed by atoms with Crippen molar-refractivity contribution in [3.05, 3.63) is 28.7 Å². The molecule has 1 aromatic carbocycles. The van der Waals surface area contributed by atoms with E-state index in [4.69, 9.17) is 5.73 Å². The van der Waals surface area contributed by atoms with Crippen molar-refractivity contribution in [1.82, 2.24) is 5.32 Å². The molecule has 5 nitrogen and oxygen atoms in total. The number of amides is 2. The van der Waals surface area contributed by atoms with Gasteiger partial charge in [0, 0.05) is 23.2 Å². The van der Waals surface area contributed by atoms with Gasteiger partial charge in [-0.3, -0.25) is 9.59 Å². The Hall–Kier alpha value is -1.11. The number of anilines is 1. The van der Waals surface area contributed by atoms with Gasteiger partial charge in [-0.15, -0.1) is 12.4 Å². The molecule has 2 aliphatic rings. The van der Waals surface area contributed by atoms with Gasteiger partial charge in [0.2, 0.25) is 11.8 Å². The van der Waals surface area contributed by atoms with Crippen LogP contribution >= 0.6 is 28.3 Å². The van der Waals surface area contributed by atoms with Gasteiger partial charge in [-0.25, -0.2) is 0 Å². The summed E-state index contributed by atoms with van der Waals surface area (Å²) in [6, 6.07) is 7.60. The lowest BCUT2D eigenvalue weighted by Crippen LogP contribution is -2.54. The number of nitrogens with one attached hydrogen (secondary N) is 1. The fraction of sp³-hybridized carbons (Fsp3) is 0.529. The predicted octanol–water partition coefficient (Wildman–Crippen LogP) is 2.61. The highest BCUT2D eigenvalue weighted by atomic mass is 79.9. The minimum Gasteiger partial charge on any atom is -0.349 e. The van der Waals surface area contributed by atoms with E-state index in [0.717, 1.165) is 35.8 Å². The fourth-order valence-corrected chi connectivity index (χ4v) is 3.99. The summed E-state index contributed by atoms with van der Waals surface area (Å²) >= 11 is 3.42. The number of nitrogens with two attached hydrogens (primary N) is 1. The van der Waals surface area contributed by atoms with Gasteiger partial charge in [0.15, 0.2) is 0 Å². The van der Waals surface area contributed by atoms with E-state index in [0.29, 0.717) is 19.5 Å². The molecule has 2 amide bonds. The van der Waals surface area contributed by atoms with Gasteiger partial charge in [-0.05, 0) is 37.5 Å². The predicted molar refractivity (Wildman–Crippen MR) is 100 cm³/mol. The molecule has 1 aliphatic carbocycles. The van der Waals surface area contributed by atoms with Gasteiger partial charge in [0.25, 0.3) is 0 Å². The molecule has 3 N–H and O–H groups in total. The Morgan fingerprint density at radius 2 is 2.08 bits per heavy atom. The molecule has 1 aliphatic heterocycles. The number of rotatable bonds is 4. The Balaban J connectivity index is 0.00000208. The molecule has 0 bridgehead atoms. The van der Waals surface area contributed by atoms with Crippen LogP contribution in [0.15, 0.2) is 28.7 Å². The van der Waals surface area contributed by atoms with Gasteiger partial charge in [0.05, 0.1) is 5.54 Å². The second-order valence-electron chi connectivity index (χ2n) is 6.49. The van der Waals surface area contributed by atoms with E-state index in [1.54, 1.807) is 4.90 Å². The third-order valence-corrected chi connectivity index (χ3v) is 5.47. The first-order valence-corrected chi connectivity index (χ1v) is 8.93. The summed E-state index contributed by atoms with van der Waals surface area (Å²) in [4.78, 5) is 26.9. The number of nitrogens with zero attached hydrogens (tertiary/aromatic N) is 1. The summed E-state index contributed by atoms with van der Waals surface area (Å²) in [5.74, 6) is -0.886. The summed E-state index contributed by atoms with van der Waals surface area (Å²) < 4.78 is 0.920. The molecule has 1 unspecified atom stereocenters. The molecule has 0 radical (unpaired) electrons. The molecular formula is C17H23BrClN3O2. The van der Waals surface area contributed by atoms with Crippen LogP contribution in [-0.4, -0.2) is 30.4 Å². The molecule has 7 heteroatoms. The van der Waals surface area contributed by atoms with E-state index in [9.17, 15) is 9.59 Å². The van der Waals surface area contributed by atoms with Crippen molar-refractivity contribution in [2.24, 2.45) is 11.7 Å². The van der Waals surface area contributed by atoms with Gasteiger partial charge in [-0.2, -0.15) is 0 Å². The summed E-state index contributed by atoms with van der Waals surface area (Å²) in [5.41, 5.74) is 6.39. The van der Waals surface area contributed by atoms with E-state index in [1.165, 1.54) is 0 Å². The van der Waals surface area contributed by atoms with Crippen LogP contribution < -0.4 is 16.0 Å².